The molecular weight excluding hydrogens is 212 g/mol. The molecule has 0 spiro atoms. The maximum absolute atomic E-state index is 4.36. The lowest BCUT2D eigenvalue weighted by atomic mass is 10.1. The third-order valence-corrected chi connectivity index (χ3v) is 3.31. The zero-order valence-corrected chi connectivity index (χ0v) is 11.8. The summed E-state index contributed by atoms with van der Waals surface area (Å²) in [5.74, 6) is 1.12. The van der Waals surface area contributed by atoms with E-state index in [-0.39, 0.29) is 0 Å². The average molecular weight is 238 g/mol. The number of hydrogen-bond acceptors (Lipinski definition) is 3. The summed E-state index contributed by atoms with van der Waals surface area (Å²) in [6.07, 6.45) is 5.01. The van der Waals surface area contributed by atoms with Crippen LogP contribution in [-0.4, -0.2) is 40.1 Å². The van der Waals surface area contributed by atoms with Crippen molar-refractivity contribution >= 4 is 0 Å². The quantitative estimate of drug-likeness (QED) is 0.784. The molecule has 98 valence electrons. The van der Waals surface area contributed by atoms with E-state index in [2.05, 4.69) is 47.6 Å². The lowest BCUT2D eigenvalue weighted by Gasteiger charge is -2.27. The Kier molecular flexibility index (Phi) is 5.65. The maximum Gasteiger partial charge on any atom is 0.122 e. The van der Waals surface area contributed by atoms with Gasteiger partial charge in [-0.2, -0.15) is 0 Å². The van der Waals surface area contributed by atoms with Crippen molar-refractivity contribution in [2.24, 2.45) is 7.05 Å². The predicted octanol–water partition coefficient (Wildman–Crippen LogP) is 1.63. The molecule has 4 nitrogen and oxygen atoms in total. The molecule has 17 heavy (non-hydrogen) atoms. The Labute approximate surface area is 105 Å². The molecule has 1 heterocycles. The Balaban J connectivity index is 2.41. The zero-order chi connectivity index (χ0) is 12.8. The summed E-state index contributed by atoms with van der Waals surface area (Å²) in [4.78, 5) is 6.72. The van der Waals surface area contributed by atoms with Crippen LogP contribution in [0.15, 0.2) is 12.4 Å². The smallest absolute Gasteiger partial charge is 0.122 e. The second-order valence-electron chi connectivity index (χ2n) is 4.91. The van der Waals surface area contributed by atoms with Crippen molar-refractivity contribution in [2.45, 2.75) is 45.8 Å². The van der Waals surface area contributed by atoms with E-state index < -0.39 is 0 Å². The highest BCUT2D eigenvalue weighted by Crippen LogP contribution is 2.08. The SMILES string of the molecule is CCNC(C)CC(C)N(C)Cc1nccn1C. The fraction of sp³-hybridized carbons (Fsp3) is 0.769. The van der Waals surface area contributed by atoms with Crippen molar-refractivity contribution in [3.05, 3.63) is 18.2 Å². The summed E-state index contributed by atoms with van der Waals surface area (Å²) in [6, 6.07) is 1.12. The third kappa shape index (κ3) is 4.48. The van der Waals surface area contributed by atoms with Crippen molar-refractivity contribution in [1.82, 2.24) is 19.8 Å². The fourth-order valence-corrected chi connectivity index (χ4v) is 2.05. The van der Waals surface area contributed by atoms with Gasteiger partial charge in [0.1, 0.15) is 5.82 Å². The van der Waals surface area contributed by atoms with Crippen molar-refractivity contribution in [2.75, 3.05) is 13.6 Å². The van der Waals surface area contributed by atoms with Gasteiger partial charge >= 0.3 is 0 Å². The highest BCUT2D eigenvalue weighted by molar-refractivity contribution is 4.91. The van der Waals surface area contributed by atoms with Gasteiger partial charge in [0, 0.05) is 31.5 Å². The van der Waals surface area contributed by atoms with Gasteiger partial charge in [0.15, 0.2) is 0 Å². The topological polar surface area (TPSA) is 33.1 Å². The van der Waals surface area contributed by atoms with Crippen molar-refractivity contribution in [3.63, 3.8) is 0 Å². The van der Waals surface area contributed by atoms with Crippen LogP contribution in [0.1, 0.15) is 33.0 Å². The van der Waals surface area contributed by atoms with E-state index in [1.807, 2.05) is 19.4 Å². The van der Waals surface area contributed by atoms with E-state index in [0.717, 1.165) is 25.3 Å². The van der Waals surface area contributed by atoms with Gasteiger partial charge in [-0.3, -0.25) is 4.90 Å². The largest absolute Gasteiger partial charge is 0.337 e. The second kappa shape index (κ2) is 6.77. The number of aryl methyl sites for hydroxylation is 1. The Morgan fingerprint density at radius 2 is 2.18 bits per heavy atom. The minimum atomic E-state index is 0.556. The van der Waals surface area contributed by atoms with Crippen LogP contribution in [0.4, 0.5) is 0 Å². The first-order chi connectivity index (χ1) is 8.04. The van der Waals surface area contributed by atoms with E-state index >= 15 is 0 Å². The number of rotatable bonds is 7. The normalized spacial score (nSPS) is 15.2. The molecule has 0 saturated heterocycles. The molecule has 0 aliphatic carbocycles. The summed E-state index contributed by atoms with van der Waals surface area (Å²) < 4.78 is 2.08. The number of aromatic nitrogens is 2. The zero-order valence-electron chi connectivity index (χ0n) is 11.8. The van der Waals surface area contributed by atoms with Crippen LogP contribution in [0.3, 0.4) is 0 Å². The summed E-state index contributed by atoms with van der Waals surface area (Å²) in [7, 11) is 4.21. The van der Waals surface area contributed by atoms with Crippen molar-refractivity contribution in [3.8, 4) is 0 Å². The van der Waals surface area contributed by atoms with Crippen LogP contribution in [0.25, 0.3) is 0 Å². The van der Waals surface area contributed by atoms with E-state index in [9.17, 15) is 0 Å². The highest BCUT2D eigenvalue weighted by atomic mass is 15.2. The van der Waals surface area contributed by atoms with Crippen LogP contribution in [0, 0.1) is 0 Å². The number of nitrogens with one attached hydrogen (secondary N) is 1. The Hall–Kier alpha value is -0.870. The van der Waals surface area contributed by atoms with Gasteiger partial charge < -0.3 is 9.88 Å². The molecule has 2 unspecified atom stereocenters. The van der Waals surface area contributed by atoms with Gasteiger partial charge in [-0.1, -0.05) is 6.92 Å². The molecule has 4 heteroatoms. The number of imidazole rings is 1. The highest BCUT2D eigenvalue weighted by Gasteiger charge is 2.14. The summed E-state index contributed by atoms with van der Waals surface area (Å²) >= 11 is 0. The molecule has 0 aliphatic heterocycles. The van der Waals surface area contributed by atoms with Crippen LogP contribution in [0.5, 0.6) is 0 Å². The molecule has 1 aromatic rings. The molecule has 0 aliphatic rings. The molecule has 1 aromatic heterocycles. The summed E-state index contributed by atoms with van der Waals surface area (Å²) in [5, 5.41) is 3.45. The van der Waals surface area contributed by atoms with Gasteiger partial charge in [-0.25, -0.2) is 4.98 Å². The van der Waals surface area contributed by atoms with Crippen LogP contribution < -0.4 is 5.32 Å². The Morgan fingerprint density at radius 1 is 1.47 bits per heavy atom. The van der Waals surface area contributed by atoms with Crippen LogP contribution >= 0.6 is 0 Å². The molecule has 0 amide bonds. The summed E-state index contributed by atoms with van der Waals surface area (Å²) in [6.45, 7) is 8.62. The molecular formula is C13H26N4. The van der Waals surface area contributed by atoms with Crippen LogP contribution in [0.2, 0.25) is 0 Å². The molecule has 1 rings (SSSR count). The summed E-state index contributed by atoms with van der Waals surface area (Å²) in [5.41, 5.74) is 0. The first-order valence-electron chi connectivity index (χ1n) is 6.44. The molecule has 1 N–H and O–H groups in total. The minimum absolute atomic E-state index is 0.556. The van der Waals surface area contributed by atoms with Gasteiger partial charge in [0.2, 0.25) is 0 Å². The number of nitrogens with zero attached hydrogens (tertiary/aromatic N) is 3. The van der Waals surface area contributed by atoms with Gasteiger partial charge in [-0.15, -0.1) is 0 Å². The minimum Gasteiger partial charge on any atom is -0.337 e. The van der Waals surface area contributed by atoms with Crippen molar-refractivity contribution in [1.29, 1.82) is 0 Å². The van der Waals surface area contributed by atoms with Crippen molar-refractivity contribution < 1.29 is 0 Å². The first kappa shape index (κ1) is 14.2. The maximum atomic E-state index is 4.36. The van der Waals surface area contributed by atoms with E-state index in [1.54, 1.807) is 0 Å². The lowest BCUT2D eigenvalue weighted by Crippen LogP contribution is -2.36. The van der Waals surface area contributed by atoms with E-state index in [0.29, 0.717) is 12.1 Å². The average Bonchev–Trinajstić information content (AvgIpc) is 2.64. The monoisotopic (exact) mass is 238 g/mol. The van der Waals surface area contributed by atoms with E-state index in [4.69, 9.17) is 0 Å². The predicted molar refractivity (Wildman–Crippen MR) is 71.9 cm³/mol. The van der Waals surface area contributed by atoms with E-state index in [1.165, 1.54) is 0 Å². The molecule has 0 bridgehead atoms. The van der Waals surface area contributed by atoms with Crippen LogP contribution in [-0.2, 0) is 13.6 Å². The number of hydrogen-bond donors (Lipinski definition) is 1. The first-order valence-corrected chi connectivity index (χ1v) is 6.44. The molecule has 0 aromatic carbocycles. The lowest BCUT2D eigenvalue weighted by molar-refractivity contribution is 0.216. The molecule has 2 atom stereocenters. The Bertz CT molecular complexity index is 321. The Morgan fingerprint density at radius 3 is 2.71 bits per heavy atom. The molecule has 0 fully saturated rings. The second-order valence-corrected chi connectivity index (χ2v) is 4.91. The van der Waals surface area contributed by atoms with Gasteiger partial charge in [-0.05, 0) is 33.9 Å². The standard InChI is InChI=1S/C13H26N4/c1-6-14-11(2)9-12(3)17(5)10-13-15-7-8-16(13)4/h7-8,11-12,14H,6,9-10H2,1-5H3. The molecule has 0 saturated carbocycles. The third-order valence-electron chi connectivity index (χ3n) is 3.31. The molecule has 0 radical (unpaired) electrons. The fourth-order valence-electron chi connectivity index (χ4n) is 2.05. The van der Waals surface area contributed by atoms with Gasteiger partial charge in [0.25, 0.3) is 0 Å². The van der Waals surface area contributed by atoms with Gasteiger partial charge in [0.05, 0.1) is 6.54 Å².